The zero-order chi connectivity index (χ0) is 12.1. The lowest BCUT2D eigenvalue weighted by Crippen LogP contribution is -2.17. The molecule has 0 heterocycles. The van der Waals surface area contributed by atoms with Gasteiger partial charge in [-0.3, -0.25) is 0 Å². The minimum Gasteiger partial charge on any atom is -0.0561 e. The Hall–Kier alpha value is -0.780. The number of benzene rings is 1. The van der Waals surface area contributed by atoms with E-state index < -0.39 is 0 Å². The molecule has 0 bridgehead atoms. The fourth-order valence-corrected chi connectivity index (χ4v) is 2.99. The van der Waals surface area contributed by atoms with Crippen molar-refractivity contribution >= 4 is 0 Å². The Bertz CT molecular complexity index is 416. The third-order valence-electron chi connectivity index (χ3n) is 4.01. The van der Waals surface area contributed by atoms with E-state index in [-0.39, 0.29) is 5.41 Å². The van der Waals surface area contributed by atoms with Gasteiger partial charge >= 0.3 is 0 Å². The van der Waals surface area contributed by atoms with Crippen molar-refractivity contribution in [3.05, 3.63) is 34.4 Å². The van der Waals surface area contributed by atoms with Crippen LogP contribution in [0.4, 0.5) is 0 Å². The summed E-state index contributed by atoms with van der Waals surface area (Å²) >= 11 is 0. The summed E-state index contributed by atoms with van der Waals surface area (Å²) in [6.07, 6.45) is 2.56. The monoisotopic (exact) mass is 216 g/mol. The summed E-state index contributed by atoms with van der Waals surface area (Å²) in [7, 11) is 0. The van der Waals surface area contributed by atoms with Crippen molar-refractivity contribution in [1.29, 1.82) is 0 Å². The maximum absolute atomic E-state index is 2.47. The third kappa shape index (κ3) is 1.79. The largest absolute Gasteiger partial charge is 0.0561 e. The number of hydrogen-bond donors (Lipinski definition) is 0. The molecule has 0 saturated carbocycles. The van der Waals surface area contributed by atoms with Crippen molar-refractivity contribution in [2.45, 2.75) is 65.2 Å². The fraction of sp³-hybridized carbons (Fsp3) is 0.625. The molecule has 0 atom stereocenters. The Kier molecular flexibility index (Phi) is 2.45. The lowest BCUT2D eigenvalue weighted by molar-refractivity contribution is 0.519. The van der Waals surface area contributed by atoms with Gasteiger partial charge in [-0.25, -0.2) is 0 Å². The second-order valence-electron chi connectivity index (χ2n) is 6.96. The molecule has 0 saturated heterocycles. The van der Waals surface area contributed by atoms with Gasteiger partial charge < -0.3 is 0 Å². The summed E-state index contributed by atoms with van der Waals surface area (Å²) in [5, 5.41) is 0. The first kappa shape index (κ1) is 11.7. The summed E-state index contributed by atoms with van der Waals surface area (Å²) < 4.78 is 0. The number of fused-ring (bicyclic) bond motifs is 1. The first-order chi connectivity index (χ1) is 7.22. The van der Waals surface area contributed by atoms with Gasteiger partial charge in [0.1, 0.15) is 0 Å². The number of rotatable bonds is 0. The van der Waals surface area contributed by atoms with E-state index >= 15 is 0 Å². The highest BCUT2D eigenvalue weighted by Crippen LogP contribution is 2.41. The van der Waals surface area contributed by atoms with Crippen LogP contribution in [0, 0.1) is 6.92 Å². The van der Waals surface area contributed by atoms with Crippen LogP contribution < -0.4 is 0 Å². The molecule has 0 spiro atoms. The van der Waals surface area contributed by atoms with Crippen LogP contribution in [-0.2, 0) is 17.3 Å². The Morgan fingerprint density at radius 1 is 1.12 bits per heavy atom. The van der Waals surface area contributed by atoms with Gasteiger partial charge in [0, 0.05) is 0 Å². The smallest absolute Gasteiger partial charge is 0.00976 e. The number of aryl methyl sites for hydroxylation is 2. The van der Waals surface area contributed by atoms with Crippen LogP contribution >= 0.6 is 0 Å². The molecule has 1 aromatic rings. The highest BCUT2D eigenvalue weighted by Gasteiger charge is 2.31. The van der Waals surface area contributed by atoms with Crippen LogP contribution in [0.25, 0.3) is 0 Å². The molecule has 0 fully saturated rings. The van der Waals surface area contributed by atoms with Gasteiger partial charge in [-0.1, -0.05) is 46.8 Å². The van der Waals surface area contributed by atoms with Crippen molar-refractivity contribution in [1.82, 2.24) is 0 Å². The van der Waals surface area contributed by atoms with Crippen LogP contribution in [0.3, 0.4) is 0 Å². The molecule has 1 aliphatic rings. The second-order valence-corrected chi connectivity index (χ2v) is 6.96. The first-order valence-electron chi connectivity index (χ1n) is 6.36. The van der Waals surface area contributed by atoms with Crippen molar-refractivity contribution in [2.24, 2.45) is 0 Å². The predicted octanol–water partition coefficient (Wildman–Crippen LogP) is 4.52. The molecule has 0 heteroatoms. The van der Waals surface area contributed by atoms with E-state index in [1.165, 1.54) is 24.0 Å². The van der Waals surface area contributed by atoms with Crippen molar-refractivity contribution in [3.63, 3.8) is 0 Å². The lowest BCUT2D eigenvalue weighted by Gasteiger charge is -2.26. The van der Waals surface area contributed by atoms with Gasteiger partial charge in [0.05, 0.1) is 0 Å². The first-order valence-corrected chi connectivity index (χ1v) is 6.36. The zero-order valence-corrected chi connectivity index (χ0v) is 11.6. The molecule has 88 valence electrons. The molecular formula is C16H24. The van der Waals surface area contributed by atoms with E-state index in [1.54, 1.807) is 11.1 Å². The summed E-state index contributed by atoms with van der Waals surface area (Å²) in [4.78, 5) is 0. The van der Waals surface area contributed by atoms with E-state index in [9.17, 15) is 0 Å². The lowest BCUT2D eigenvalue weighted by atomic mass is 9.79. The summed E-state index contributed by atoms with van der Waals surface area (Å²) in [5.41, 5.74) is 6.78. The van der Waals surface area contributed by atoms with Crippen LogP contribution in [0.15, 0.2) is 12.1 Å². The minimum absolute atomic E-state index is 0.262. The molecule has 0 N–H and O–H groups in total. The minimum atomic E-state index is 0.262. The summed E-state index contributed by atoms with van der Waals surface area (Å²) in [6, 6.07) is 4.89. The number of hydrogen-bond acceptors (Lipinski definition) is 0. The summed E-state index contributed by atoms with van der Waals surface area (Å²) in [6.45, 7) is 13.9. The maximum Gasteiger partial charge on any atom is -0.00976 e. The van der Waals surface area contributed by atoms with Gasteiger partial charge in [-0.05, 0) is 52.8 Å². The molecule has 0 unspecified atom stereocenters. The second kappa shape index (κ2) is 3.35. The Balaban J connectivity index is 2.61. The summed E-state index contributed by atoms with van der Waals surface area (Å²) in [5.74, 6) is 0. The van der Waals surface area contributed by atoms with Crippen LogP contribution in [0.2, 0.25) is 0 Å². The normalized spacial score (nSPS) is 18.6. The van der Waals surface area contributed by atoms with E-state index in [4.69, 9.17) is 0 Å². The fourth-order valence-electron chi connectivity index (χ4n) is 2.99. The molecule has 0 nitrogen and oxygen atoms in total. The molecular weight excluding hydrogens is 192 g/mol. The Morgan fingerprint density at radius 2 is 1.75 bits per heavy atom. The molecule has 0 aliphatic heterocycles. The molecule has 0 amide bonds. The topological polar surface area (TPSA) is 0 Å². The average molecular weight is 216 g/mol. The van der Waals surface area contributed by atoms with Crippen molar-refractivity contribution in [3.8, 4) is 0 Å². The molecule has 16 heavy (non-hydrogen) atoms. The Labute approximate surface area is 100 Å². The average Bonchev–Trinajstić information content (AvgIpc) is 2.39. The van der Waals surface area contributed by atoms with Gasteiger partial charge in [-0.2, -0.15) is 0 Å². The van der Waals surface area contributed by atoms with Gasteiger partial charge in [-0.15, -0.1) is 0 Å². The van der Waals surface area contributed by atoms with E-state index in [0.717, 1.165) is 0 Å². The van der Waals surface area contributed by atoms with Gasteiger partial charge in [0.15, 0.2) is 0 Å². The quantitative estimate of drug-likeness (QED) is 0.598. The maximum atomic E-state index is 2.47. The van der Waals surface area contributed by atoms with Crippen LogP contribution in [0.5, 0.6) is 0 Å². The molecule has 2 rings (SSSR count). The standard InChI is InChI=1S/C16H24/c1-11-9-12-7-8-16(5,6)14(12)10-13(11)15(2,3)4/h9-10H,7-8H2,1-6H3. The van der Waals surface area contributed by atoms with Crippen LogP contribution in [0.1, 0.15) is 63.3 Å². The van der Waals surface area contributed by atoms with Crippen LogP contribution in [-0.4, -0.2) is 0 Å². The molecule has 0 radical (unpaired) electrons. The SMILES string of the molecule is Cc1cc2c(cc1C(C)(C)C)C(C)(C)CC2. The molecule has 0 aromatic heterocycles. The molecule has 1 aromatic carbocycles. The van der Waals surface area contributed by atoms with E-state index in [0.29, 0.717) is 5.41 Å². The predicted molar refractivity (Wildman–Crippen MR) is 71.2 cm³/mol. The van der Waals surface area contributed by atoms with E-state index in [2.05, 4.69) is 53.7 Å². The van der Waals surface area contributed by atoms with E-state index in [1.807, 2.05) is 0 Å². The highest BCUT2D eigenvalue weighted by molar-refractivity contribution is 5.46. The third-order valence-corrected chi connectivity index (χ3v) is 4.01. The Morgan fingerprint density at radius 3 is 2.31 bits per heavy atom. The zero-order valence-electron chi connectivity index (χ0n) is 11.6. The highest BCUT2D eigenvalue weighted by atomic mass is 14.4. The van der Waals surface area contributed by atoms with Crippen molar-refractivity contribution in [2.75, 3.05) is 0 Å². The van der Waals surface area contributed by atoms with Gasteiger partial charge in [0.2, 0.25) is 0 Å². The van der Waals surface area contributed by atoms with Gasteiger partial charge in [0.25, 0.3) is 0 Å². The molecule has 1 aliphatic carbocycles. The van der Waals surface area contributed by atoms with Crippen molar-refractivity contribution < 1.29 is 0 Å².